The third kappa shape index (κ3) is 16.9. The van der Waals surface area contributed by atoms with Crippen LogP contribution in [0.4, 0.5) is 0 Å². The van der Waals surface area contributed by atoms with Gasteiger partial charge in [0, 0.05) is 12.5 Å². The van der Waals surface area contributed by atoms with E-state index in [0.29, 0.717) is 26.2 Å². The summed E-state index contributed by atoms with van der Waals surface area (Å²) in [7, 11) is 0. The van der Waals surface area contributed by atoms with Crippen molar-refractivity contribution in [2.75, 3.05) is 26.4 Å². The first kappa shape index (κ1) is 28.6. The fourth-order valence-electron chi connectivity index (χ4n) is 3.83. The van der Waals surface area contributed by atoms with Crippen LogP contribution in [0.5, 0.6) is 0 Å². The number of unbranched alkanes of at least 4 members (excludes halogenated alkanes) is 6. The van der Waals surface area contributed by atoms with Gasteiger partial charge in [0.15, 0.2) is 0 Å². The second-order valence-electron chi connectivity index (χ2n) is 9.91. The molecule has 0 radical (unpaired) electrons. The van der Waals surface area contributed by atoms with E-state index in [1.165, 1.54) is 50.5 Å². The van der Waals surface area contributed by atoms with Gasteiger partial charge in [0.1, 0.15) is 25.4 Å². The van der Waals surface area contributed by atoms with Crippen LogP contribution >= 0.6 is 0 Å². The van der Waals surface area contributed by atoms with Crippen LogP contribution in [0.25, 0.3) is 0 Å². The van der Waals surface area contributed by atoms with Gasteiger partial charge >= 0.3 is 11.9 Å². The minimum absolute atomic E-state index is 0.0881. The lowest BCUT2D eigenvalue weighted by Crippen LogP contribution is -2.09. The Hall–Kier alpha value is -1.66. The van der Waals surface area contributed by atoms with Gasteiger partial charge in [-0.3, -0.25) is 4.79 Å². The molecule has 3 unspecified atom stereocenters. The normalized spacial score (nSPS) is 20.4. The Morgan fingerprint density at radius 2 is 1.50 bits per heavy atom. The summed E-state index contributed by atoms with van der Waals surface area (Å²) in [4.78, 5) is 23.0. The van der Waals surface area contributed by atoms with Crippen molar-refractivity contribution in [3.05, 3.63) is 23.8 Å². The van der Waals surface area contributed by atoms with Crippen LogP contribution < -0.4 is 0 Å². The molecule has 0 amide bonds. The van der Waals surface area contributed by atoms with Crippen LogP contribution in [0.1, 0.15) is 97.3 Å². The molecule has 2 heterocycles. The Bertz CT molecular complexity index is 633. The second-order valence-corrected chi connectivity index (χ2v) is 9.91. The fourth-order valence-corrected chi connectivity index (χ4v) is 3.83. The Balaban J connectivity index is 1.33. The van der Waals surface area contributed by atoms with E-state index in [2.05, 4.69) is 19.9 Å². The maximum atomic E-state index is 11.6. The molecule has 0 spiro atoms. The van der Waals surface area contributed by atoms with Crippen molar-refractivity contribution in [2.24, 2.45) is 5.92 Å². The minimum Gasteiger partial charge on any atom is -0.463 e. The number of epoxide rings is 2. The molecule has 0 aromatic carbocycles. The molecular weight excluding hydrogens is 432 g/mol. The van der Waals surface area contributed by atoms with E-state index in [-0.39, 0.29) is 24.1 Å². The van der Waals surface area contributed by atoms with Crippen molar-refractivity contribution < 1.29 is 28.5 Å². The lowest BCUT2D eigenvalue weighted by molar-refractivity contribution is -0.144. The van der Waals surface area contributed by atoms with Crippen LogP contribution in [0.15, 0.2) is 23.8 Å². The third-order valence-electron chi connectivity index (χ3n) is 6.31. The Labute approximate surface area is 206 Å². The number of carbonyl (C=O) groups excluding carboxylic acids is 2. The quantitative estimate of drug-likeness (QED) is 0.0654. The molecule has 3 atom stereocenters. The number of hydrogen-bond donors (Lipinski definition) is 0. The molecule has 0 N–H and O–H groups in total. The summed E-state index contributed by atoms with van der Waals surface area (Å²) >= 11 is 0. The molecule has 0 saturated carbocycles. The lowest BCUT2D eigenvalue weighted by atomic mass is 9.96. The monoisotopic (exact) mass is 478 g/mol. The van der Waals surface area contributed by atoms with Gasteiger partial charge in [0.05, 0.1) is 13.2 Å². The van der Waals surface area contributed by atoms with Gasteiger partial charge in [-0.2, -0.15) is 0 Å². The van der Waals surface area contributed by atoms with Crippen molar-refractivity contribution >= 4 is 11.9 Å². The first-order valence-corrected chi connectivity index (χ1v) is 13.4. The number of carbonyl (C=O) groups is 2. The summed E-state index contributed by atoms with van der Waals surface area (Å²) in [5, 5.41) is 0. The first-order valence-electron chi connectivity index (χ1n) is 13.4. The van der Waals surface area contributed by atoms with Crippen LogP contribution in [-0.2, 0) is 28.5 Å². The zero-order chi connectivity index (χ0) is 24.4. The highest BCUT2D eigenvalue weighted by molar-refractivity contribution is 5.81. The number of esters is 2. The molecule has 6 heteroatoms. The van der Waals surface area contributed by atoms with Crippen molar-refractivity contribution in [1.82, 2.24) is 0 Å². The molecule has 6 nitrogen and oxygen atoms in total. The molecule has 2 fully saturated rings. The summed E-state index contributed by atoms with van der Waals surface area (Å²) in [6.45, 7) is 6.84. The summed E-state index contributed by atoms with van der Waals surface area (Å²) in [5.41, 5.74) is 1.49. The van der Waals surface area contributed by atoms with E-state index < -0.39 is 0 Å². The Morgan fingerprint density at radius 1 is 0.853 bits per heavy atom. The van der Waals surface area contributed by atoms with Crippen molar-refractivity contribution in [2.45, 2.75) is 110 Å². The zero-order valence-electron chi connectivity index (χ0n) is 21.4. The van der Waals surface area contributed by atoms with Gasteiger partial charge in [-0.25, -0.2) is 4.79 Å². The maximum Gasteiger partial charge on any atom is 0.330 e. The average molecular weight is 479 g/mol. The summed E-state index contributed by atoms with van der Waals surface area (Å²) in [5.74, 6) is 0.406. The van der Waals surface area contributed by atoms with E-state index in [4.69, 9.17) is 18.9 Å². The fraction of sp³-hybridized carbons (Fsp3) is 0.786. The number of ether oxygens (including phenoxy) is 4. The predicted octanol–water partition coefficient (Wildman–Crippen LogP) is 6.08. The largest absolute Gasteiger partial charge is 0.463 e. The molecule has 2 aliphatic rings. The molecule has 2 saturated heterocycles. The van der Waals surface area contributed by atoms with Crippen molar-refractivity contribution in [1.29, 1.82) is 0 Å². The van der Waals surface area contributed by atoms with Crippen molar-refractivity contribution in [3.8, 4) is 0 Å². The van der Waals surface area contributed by atoms with Crippen LogP contribution in [0, 0.1) is 5.92 Å². The Morgan fingerprint density at radius 3 is 2.21 bits per heavy atom. The number of hydrogen-bond acceptors (Lipinski definition) is 6. The highest BCUT2D eigenvalue weighted by Gasteiger charge is 2.24. The standard InChI is InChI=1S/C28H46O6/c1-23(13-7-3-5-9-17-27(29)33-21-25-19-31-25)15-11-12-16-24(2)14-8-4-6-10-18-28(30)34-22-26-20-32-26/h9,16-17,23,25-26H,3-8,10-15,18-22H2,1-2H3/b17-9+,24-16+. The van der Waals surface area contributed by atoms with Gasteiger partial charge in [-0.1, -0.05) is 56.8 Å². The molecule has 194 valence electrons. The van der Waals surface area contributed by atoms with Crippen LogP contribution in [0.2, 0.25) is 0 Å². The smallest absolute Gasteiger partial charge is 0.330 e. The molecule has 0 aromatic heterocycles. The Kier molecular flexibility index (Phi) is 14.9. The van der Waals surface area contributed by atoms with E-state index >= 15 is 0 Å². The van der Waals surface area contributed by atoms with Gasteiger partial charge in [-0.15, -0.1) is 0 Å². The van der Waals surface area contributed by atoms with Gasteiger partial charge in [0.25, 0.3) is 0 Å². The molecule has 0 bridgehead atoms. The lowest BCUT2D eigenvalue weighted by Gasteiger charge is -2.10. The highest BCUT2D eigenvalue weighted by Crippen LogP contribution is 2.18. The summed E-state index contributed by atoms with van der Waals surface area (Å²) in [6.07, 6.45) is 20.5. The van der Waals surface area contributed by atoms with Gasteiger partial charge < -0.3 is 18.9 Å². The average Bonchev–Trinajstić information content (AvgIpc) is 3.73. The molecule has 2 aliphatic heterocycles. The molecule has 34 heavy (non-hydrogen) atoms. The van der Waals surface area contributed by atoms with E-state index in [0.717, 1.165) is 44.6 Å². The van der Waals surface area contributed by atoms with Crippen LogP contribution in [-0.4, -0.2) is 50.6 Å². The SMILES string of the molecule is C/C(=C\CCCC(C)CCCC/C=C/C(=O)OCC1CO1)CCCCCCC(=O)OCC1CO1. The molecule has 0 aromatic rings. The van der Waals surface area contributed by atoms with Crippen LogP contribution in [0.3, 0.4) is 0 Å². The molecule has 2 rings (SSSR count). The van der Waals surface area contributed by atoms with Crippen molar-refractivity contribution in [3.63, 3.8) is 0 Å². The topological polar surface area (TPSA) is 77.7 Å². The first-order chi connectivity index (χ1) is 16.5. The summed E-state index contributed by atoms with van der Waals surface area (Å²) < 4.78 is 20.3. The highest BCUT2D eigenvalue weighted by atomic mass is 16.6. The molecular formula is C28H46O6. The van der Waals surface area contributed by atoms with Gasteiger partial charge in [0.2, 0.25) is 0 Å². The van der Waals surface area contributed by atoms with Gasteiger partial charge in [-0.05, 0) is 57.8 Å². The number of rotatable bonds is 21. The zero-order valence-corrected chi connectivity index (χ0v) is 21.4. The molecule has 0 aliphatic carbocycles. The number of allylic oxidation sites excluding steroid dienone is 3. The minimum atomic E-state index is -0.260. The maximum absolute atomic E-state index is 11.6. The van der Waals surface area contributed by atoms with E-state index in [1.807, 2.05) is 6.08 Å². The van der Waals surface area contributed by atoms with E-state index in [9.17, 15) is 9.59 Å². The summed E-state index contributed by atoms with van der Waals surface area (Å²) in [6, 6.07) is 0. The van der Waals surface area contributed by atoms with E-state index in [1.54, 1.807) is 6.08 Å². The second kappa shape index (κ2) is 17.7. The third-order valence-corrected chi connectivity index (χ3v) is 6.31. The predicted molar refractivity (Wildman–Crippen MR) is 133 cm³/mol.